The zero-order chi connectivity index (χ0) is 26.4. The summed E-state index contributed by atoms with van der Waals surface area (Å²) in [5, 5.41) is 0.0380. The Morgan fingerprint density at radius 3 is 2.33 bits per heavy atom. The molecule has 0 saturated carbocycles. The standard InChI is InChI=1S/C26H26BrCl2N3O3S/c1-5-32(18-9-7-6-8-10-18)36(34,35)24-14-19(20(28)15-21(24)29)25(33)31-16-26(2,3)30(4)23-13-17(27)11-12-22(23)31/h6-15H,5,16H2,1-4H3. The van der Waals surface area contributed by atoms with Crippen molar-refractivity contribution in [1.29, 1.82) is 0 Å². The van der Waals surface area contributed by atoms with Crippen LogP contribution in [0, 0.1) is 0 Å². The fraction of sp³-hybridized carbons (Fsp3) is 0.269. The number of para-hydroxylation sites is 1. The van der Waals surface area contributed by atoms with Gasteiger partial charge in [-0.1, -0.05) is 57.3 Å². The Kier molecular flexibility index (Phi) is 7.36. The molecule has 0 N–H and O–H groups in total. The average Bonchev–Trinajstić information content (AvgIpc) is 2.82. The highest BCUT2D eigenvalue weighted by Crippen LogP contribution is 2.42. The number of hydrogen-bond acceptors (Lipinski definition) is 4. The molecule has 1 amide bonds. The van der Waals surface area contributed by atoms with E-state index in [1.165, 1.54) is 16.4 Å². The Bertz CT molecular complexity index is 1430. The largest absolute Gasteiger partial charge is 0.366 e. The molecule has 10 heteroatoms. The molecule has 3 aromatic rings. The number of rotatable bonds is 5. The summed E-state index contributed by atoms with van der Waals surface area (Å²) in [6.45, 7) is 6.37. The molecule has 0 saturated heterocycles. The lowest BCUT2D eigenvalue weighted by atomic mass is 9.96. The van der Waals surface area contributed by atoms with Gasteiger partial charge in [0.15, 0.2) is 0 Å². The normalized spacial score (nSPS) is 15.0. The van der Waals surface area contributed by atoms with E-state index in [9.17, 15) is 13.2 Å². The van der Waals surface area contributed by atoms with Gasteiger partial charge in [0.05, 0.1) is 38.2 Å². The lowest BCUT2D eigenvalue weighted by Gasteiger charge is -2.47. The van der Waals surface area contributed by atoms with Crippen LogP contribution in [0.25, 0.3) is 0 Å². The van der Waals surface area contributed by atoms with Gasteiger partial charge >= 0.3 is 0 Å². The van der Waals surface area contributed by atoms with Gasteiger partial charge in [0.2, 0.25) is 0 Å². The highest BCUT2D eigenvalue weighted by atomic mass is 79.9. The van der Waals surface area contributed by atoms with Crippen LogP contribution in [0.4, 0.5) is 17.1 Å². The number of nitrogens with zero attached hydrogens (tertiary/aromatic N) is 3. The molecule has 1 aliphatic rings. The van der Waals surface area contributed by atoms with Crippen molar-refractivity contribution in [3.05, 3.63) is 80.7 Å². The quantitative estimate of drug-likeness (QED) is 0.317. The molecule has 0 radical (unpaired) electrons. The second kappa shape index (κ2) is 9.89. The van der Waals surface area contributed by atoms with Gasteiger partial charge in [-0.3, -0.25) is 9.10 Å². The van der Waals surface area contributed by atoms with Gasteiger partial charge in [-0.2, -0.15) is 0 Å². The molecule has 0 aliphatic carbocycles. The van der Waals surface area contributed by atoms with E-state index >= 15 is 0 Å². The molecule has 190 valence electrons. The van der Waals surface area contributed by atoms with Crippen molar-refractivity contribution in [2.75, 3.05) is 34.2 Å². The van der Waals surface area contributed by atoms with E-state index in [1.54, 1.807) is 36.1 Å². The summed E-state index contributed by atoms with van der Waals surface area (Å²) in [7, 11) is -2.10. The van der Waals surface area contributed by atoms with Crippen molar-refractivity contribution in [2.45, 2.75) is 31.2 Å². The smallest absolute Gasteiger partial charge is 0.265 e. The minimum atomic E-state index is -4.08. The van der Waals surface area contributed by atoms with Crippen LogP contribution in [-0.2, 0) is 10.0 Å². The molecule has 0 spiro atoms. The molecule has 36 heavy (non-hydrogen) atoms. The minimum absolute atomic E-state index is 0.0473. The van der Waals surface area contributed by atoms with E-state index in [0.717, 1.165) is 10.2 Å². The summed E-state index contributed by atoms with van der Waals surface area (Å²) in [4.78, 5) is 17.5. The second-order valence-corrected chi connectivity index (χ2v) is 12.7. The molecule has 1 heterocycles. The molecular weight excluding hydrogens is 585 g/mol. The first kappa shape index (κ1) is 26.8. The van der Waals surface area contributed by atoms with Crippen molar-refractivity contribution in [3.63, 3.8) is 0 Å². The minimum Gasteiger partial charge on any atom is -0.366 e. The zero-order valence-corrected chi connectivity index (χ0v) is 24.2. The van der Waals surface area contributed by atoms with Gasteiger partial charge in [0.25, 0.3) is 15.9 Å². The summed E-state index contributed by atoms with van der Waals surface area (Å²) in [5.74, 6) is -0.402. The lowest BCUT2D eigenvalue weighted by molar-refractivity contribution is 0.0980. The fourth-order valence-electron chi connectivity index (χ4n) is 4.32. The average molecular weight is 611 g/mol. The van der Waals surface area contributed by atoms with Gasteiger partial charge < -0.3 is 9.80 Å². The summed E-state index contributed by atoms with van der Waals surface area (Å²) in [6, 6.07) is 17.0. The van der Waals surface area contributed by atoms with Crippen molar-refractivity contribution >= 4 is 72.1 Å². The predicted octanol–water partition coefficient (Wildman–Crippen LogP) is 6.85. The molecule has 0 unspecified atom stereocenters. The summed E-state index contributed by atoms with van der Waals surface area (Å²) < 4.78 is 29.5. The van der Waals surface area contributed by atoms with Crippen LogP contribution in [0.5, 0.6) is 0 Å². The topological polar surface area (TPSA) is 60.9 Å². The molecule has 0 aromatic heterocycles. The van der Waals surface area contributed by atoms with Crippen molar-refractivity contribution in [3.8, 4) is 0 Å². The highest BCUT2D eigenvalue weighted by Gasteiger charge is 2.38. The van der Waals surface area contributed by atoms with E-state index in [0.29, 0.717) is 17.9 Å². The van der Waals surface area contributed by atoms with Gasteiger partial charge in [-0.25, -0.2) is 8.42 Å². The molecule has 3 aromatic carbocycles. The third-order valence-electron chi connectivity index (χ3n) is 6.44. The van der Waals surface area contributed by atoms with Gasteiger partial charge in [0.1, 0.15) is 4.90 Å². The van der Waals surface area contributed by atoms with E-state index in [-0.39, 0.29) is 32.6 Å². The van der Waals surface area contributed by atoms with E-state index in [1.807, 2.05) is 45.2 Å². The third kappa shape index (κ3) is 4.72. The molecule has 1 aliphatic heterocycles. The summed E-state index contributed by atoms with van der Waals surface area (Å²) >= 11 is 16.4. The number of sulfonamides is 1. The van der Waals surface area contributed by atoms with Gasteiger partial charge in [0, 0.05) is 24.6 Å². The number of likely N-dealkylation sites (N-methyl/N-ethyl adjacent to an activating group) is 1. The van der Waals surface area contributed by atoms with Crippen LogP contribution < -0.4 is 14.1 Å². The number of amides is 1. The maximum absolute atomic E-state index is 13.9. The lowest BCUT2D eigenvalue weighted by Crippen LogP contribution is -2.56. The molecule has 4 rings (SSSR count). The Hall–Kier alpha value is -2.26. The van der Waals surface area contributed by atoms with Crippen LogP contribution in [0.15, 0.2) is 70.0 Å². The second-order valence-electron chi connectivity index (χ2n) is 9.16. The molecule has 0 bridgehead atoms. The maximum atomic E-state index is 13.9. The Morgan fingerprint density at radius 1 is 1.03 bits per heavy atom. The number of halogens is 3. The first-order valence-corrected chi connectivity index (χ1v) is 14.3. The van der Waals surface area contributed by atoms with Crippen LogP contribution in [0.1, 0.15) is 31.1 Å². The Morgan fingerprint density at radius 2 is 1.69 bits per heavy atom. The highest BCUT2D eigenvalue weighted by molar-refractivity contribution is 9.10. The van der Waals surface area contributed by atoms with E-state index in [2.05, 4.69) is 20.8 Å². The van der Waals surface area contributed by atoms with Crippen LogP contribution in [0.3, 0.4) is 0 Å². The Balaban J connectivity index is 1.83. The molecule has 6 nitrogen and oxygen atoms in total. The van der Waals surface area contributed by atoms with E-state index in [4.69, 9.17) is 23.2 Å². The van der Waals surface area contributed by atoms with Crippen LogP contribution >= 0.6 is 39.1 Å². The monoisotopic (exact) mass is 609 g/mol. The number of carbonyl (C=O) groups excluding carboxylic acids is 1. The summed E-state index contributed by atoms with van der Waals surface area (Å²) in [6.07, 6.45) is 0. The number of fused-ring (bicyclic) bond motifs is 1. The molecular formula is C26H26BrCl2N3O3S. The first-order valence-electron chi connectivity index (χ1n) is 11.3. The molecule has 0 atom stereocenters. The van der Waals surface area contributed by atoms with Crippen molar-refractivity contribution < 1.29 is 13.2 Å². The number of anilines is 3. The molecule has 0 fully saturated rings. The van der Waals surface area contributed by atoms with Gasteiger partial charge in [-0.15, -0.1) is 0 Å². The fourth-order valence-corrected chi connectivity index (χ4v) is 6.97. The first-order chi connectivity index (χ1) is 16.9. The number of hydrogen-bond donors (Lipinski definition) is 0. The number of carbonyl (C=O) groups is 1. The van der Waals surface area contributed by atoms with Crippen LogP contribution in [-0.4, -0.2) is 40.0 Å². The SMILES string of the molecule is CCN(c1ccccc1)S(=O)(=O)c1cc(C(=O)N2CC(C)(C)N(C)c3cc(Br)ccc32)c(Cl)cc1Cl. The third-order valence-corrected chi connectivity index (χ3v) is 9.61. The van der Waals surface area contributed by atoms with E-state index < -0.39 is 15.9 Å². The van der Waals surface area contributed by atoms with Crippen molar-refractivity contribution in [2.24, 2.45) is 0 Å². The maximum Gasteiger partial charge on any atom is 0.265 e. The van der Waals surface area contributed by atoms with Crippen LogP contribution in [0.2, 0.25) is 10.0 Å². The van der Waals surface area contributed by atoms with Crippen molar-refractivity contribution in [1.82, 2.24) is 0 Å². The summed E-state index contributed by atoms with van der Waals surface area (Å²) in [5.41, 5.74) is 1.76. The Labute approximate surface area is 230 Å². The zero-order valence-electron chi connectivity index (χ0n) is 20.3. The number of benzene rings is 3. The predicted molar refractivity (Wildman–Crippen MR) is 151 cm³/mol. The van der Waals surface area contributed by atoms with Gasteiger partial charge in [-0.05, 0) is 63.2 Å².